The van der Waals surface area contributed by atoms with Gasteiger partial charge in [0, 0.05) is 20.1 Å². The Kier molecular flexibility index (Phi) is 3.47. The van der Waals surface area contributed by atoms with E-state index in [4.69, 9.17) is 0 Å². The fourth-order valence-corrected chi connectivity index (χ4v) is 3.78. The van der Waals surface area contributed by atoms with Gasteiger partial charge in [0.25, 0.3) is 0 Å². The number of halogens is 1. The first-order valence-corrected chi connectivity index (χ1v) is 7.55. The molecule has 100 valence electrons. The number of piperidine rings is 1. The van der Waals surface area contributed by atoms with Crippen LogP contribution in [0.5, 0.6) is 0 Å². The lowest BCUT2D eigenvalue weighted by atomic mass is 9.89. The van der Waals surface area contributed by atoms with Crippen LogP contribution in [0.25, 0.3) is 0 Å². The zero-order valence-corrected chi connectivity index (χ0v) is 12.7. The predicted octanol–water partition coefficient (Wildman–Crippen LogP) is 1.53. The first-order valence-electron chi connectivity index (χ1n) is 6.76. The van der Waals surface area contributed by atoms with Gasteiger partial charge in [-0.25, -0.2) is 0 Å². The van der Waals surface area contributed by atoms with Gasteiger partial charge in [0.15, 0.2) is 0 Å². The number of aromatic nitrogens is 2. The second kappa shape index (κ2) is 4.94. The maximum absolute atomic E-state index is 4.47. The van der Waals surface area contributed by atoms with Gasteiger partial charge in [-0.05, 0) is 60.7 Å². The van der Waals surface area contributed by atoms with Crippen LogP contribution in [-0.4, -0.2) is 40.9 Å². The Morgan fingerprint density at radius 1 is 1.39 bits per heavy atom. The van der Waals surface area contributed by atoms with Crippen molar-refractivity contribution in [2.24, 2.45) is 18.9 Å². The zero-order valence-electron chi connectivity index (χ0n) is 11.1. The SMILES string of the molecule is Cc1nn(C)c(CN2CCC3CNCC3C2)c1Br. The third-order valence-corrected chi connectivity index (χ3v) is 5.46. The van der Waals surface area contributed by atoms with E-state index in [1.165, 1.54) is 42.8 Å². The molecule has 18 heavy (non-hydrogen) atoms. The molecule has 2 saturated heterocycles. The van der Waals surface area contributed by atoms with E-state index < -0.39 is 0 Å². The number of hydrogen-bond donors (Lipinski definition) is 1. The maximum Gasteiger partial charge on any atom is 0.0739 e. The summed E-state index contributed by atoms with van der Waals surface area (Å²) >= 11 is 3.66. The quantitative estimate of drug-likeness (QED) is 0.899. The summed E-state index contributed by atoms with van der Waals surface area (Å²) in [4.78, 5) is 2.58. The molecule has 5 heteroatoms. The second-order valence-corrected chi connectivity index (χ2v) is 6.46. The number of aryl methyl sites for hydroxylation is 2. The lowest BCUT2D eigenvalue weighted by Crippen LogP contribution is -2.39. The van der Waals surface area contributed by atoms with E-state index in [-0.39, 0.29) is 0 Å². The van der Waals surface area contributed by atoms with Crippen molar-refractivity contribution in [3.63, 3.8) is 0 Å². The fraction of sp³-hybridized carbons (Fsp3) is 0.769. The van der Waals surface area contributed by atoms with Crippen molar-refractivity contribution in [3.05, 3.63) is 15.9 Å². The summed E-state index contributed by atoms with van der Waals surface area (Å²) in [5.41, 5.74) is 2.39. The van der Waals surface area contributed by atoms with Crippen LogP contribution in [0.15, 0.2) is 4.47 Å². The van der Waals surface area contributed by atoms with Gasteiger partial charge in [-0.15, -0.1) is 0 Å². The van der Waals surface area contributed by atoms with Gasteiger partial charge < -0.3 is 5.32 Å². The van der Waals surface area contributed by atoms with E-state index >= 15 is 0 Å². The molecule has 3 rings (SSSR count). The monoisotopic (exact) mass is 312 g/mol. The Bertz CT molecular complexity index is 442. The van der Waals surface area contributed by atoms with Crippen LogP contribution in [0, 0.1) is 18.8 Å². The Hall–Kier alpha value is -0.390. The molecule has 0 saturated carbocycles. The third-order valence-electron chi connectivity index (χ3n) is 4.42. The Morgan fingerprint density at radius 2 is 2.17 bits per heavy atom. The molecule has 0 aromatic carbocycles. The minimum atomic E-state index is 0.854. The summed E-state index contributed by atoms with van der Waals surface area (Å²) in [6.45, 7) is 7.95. The van der Waals surface area contributed by atoms with Crippen molar-refractivity contribution in [1.29, 1.82) is 0 Å². The molecule has 4 nitrogen and oxygen atoms in total. The van der Waals surface area contributed by atoms with Crippen molar-refractivity contribution in [2.75, 3.05) is 26.2 Å². The van der Waals surface area contributed by atoms with Gasteiger partial charge in [0.05, 0.1) is 15.9 Å². The predicted molar refractivity (Wildman–Crippen MR) is 75.4 cm³/mol. The smallest absolute Gasteiger partial charge is 0.0739 e. The van der Waals surface area contributed by atoms with E-state index in [0.29, 0.717) is 0 Å². The normalized spacial score (nSPS) is 28.6. The van der Waals surface area contributed by atoms with E-state index in [1.807, 2.05) is 11.7 Å². The van der Waals surface area contributed by atoms with Gasteiger partial charge in [-0.1, -0.05) is 0 Å². The highest BCUT2D eigenvalue weighted by molar-refractivity contribution is 9.10. The molecular formula is C13H21BrN4. The maximum atomic E-state index is 4.47. The Labute approximate surface area is 117 Å². The summed E-state index contributed by atoms with van der Waals surface area (Å²) in [5.74, 6) is 1.77. The molecule has 3 heterocycles. The average Bonchev–Trinajstić information content (AvgIpc) is 2.89. The molecule has 2 aliphatic heterocycles. The second-order valence-electron chi connectivity index (χ2n) is 5.67. The van der Waals surface area contributed by atoms with Gasteiger partial charge in [0.2, 0.25) is 0 Å². The third kappa shape index (κ3) is 2.24. The van der Waals surface area contributed by atoms with Crippen LogP contribution < -0.4 is 5.32 Å². The van der Waals surface area contributed by atoms with Crippen LogP contribution in [0.3, 0.4) is 0 Å². The molecule has 2 unspecified atom stereocenters. The summed E-state index contributed by atoms with van der Waals surface area (Å²) < 4.78 is 3.19. The lowest BCUT2D eigenvalue weighted by molar-refractivity contribution is 0.139. The summed E-state index contributed by atoms with van der Waals surface area (Å²) in [6.07, 6.45) is 1.34. The van der Waals surface area contributed by atoms with Crippen molar-refractivity contribution >= 4 is 15.9 Å². The standard InChI is InChI=1S/C13H21BrN4/c1-9-13(14)12(17(2)16-9)8-18-4-3-10-5-15-6-11(10)7-18/h10-11,15H,3-8H2,1-2H3. The fourth-order valence-electron chi connectivity index (χ4n) is 3.32. The topological polar surface area (TPSA) is 33.1 Å². The molecule has 2 aliphatic rings. The first kappa shape index (κ1) is 12.6. The van der Waals surface area contributed by atoms with Crippen LogP contribution >= 0.6 is 15.9 Å². The highest BCUT2D eigenvalue weighted by Gasteiger charge is 2.33. The van der Waals surface area contributed by atoms with Gasteiger partial charge in [-0.3, -0.25) is 9.58 Å². The largest absolute Gasteiger partial charge is 0.316 e. The van der Waals surface area contributed by atoms with Crippen molar-refractivity contribution in [3.8, 4) is 0 Å². The number of nitrogens with one attached hydrogen (secondary N) is 1. The first-order chi connectivity index (χ1) is 8.65. The van der Waals surface area contributed by atoms with E-state index in [1.54, 1.807) is 0 Å². The molecule has 2 fully saturated rings. The number of likely N-dealkylation sites (tertiary alicyclic amines) is 1. The lowest BCUT2D eigenvalue weighted by Gasteiger charge is -2.34. The summed E-state index contributed by atoms with van der Waals surface area (Å²) in [5, 5.41) is 8.00. The number of rotatable bonds is 2. The number of nitrogens with zero attached hydrogens (tertiary/aromatic N) is 3. The molecule has 0 bridgehead atoms. The van der Waals surface area contributed by atoms with Crippen LogP contribution in [0.1, 0.15) is 17.8 Å². The van der Waals surface area contributed by atoms with Crippen LogP contribution in [-0.2, 0) is 13.6 Å². The minimum absolute atomic E-state index is 0.854. The Balaban J connectivity index is 1.69. The summed E-state index contributed by atoms with van der Waals surface area (Å²) in [6, 6.07) is 0. The van der Waals surface area contributed by atoms with Crippen molar-refractivity contribution in [1.82, 2.24) is 20.0 Å². The molecule has 1 aromatic heterocycles. The number of fused-ring (bicyclic) bond motifs is 1. The molecular weight excluding hydrogens is 292 g/mol. The highest BCUT2D eigenvalue weighted by atomic mass is 79.9. The van der Waals surface area contributed by atoms with E-state index in [9.17, 15) is 0 Å². The van der Waals surface area contributed by atoms with Crippen molar-refractivity contribution in [2.45, 2.75) is 19.9 Å². The van der Waals surface area contributed by atoms with Gasteiger partial charge in [0.1, 0.15) is 0 Å². The zero-order chi connectivity index (χ0) is 12.7. The van der Waals surface area contributed by atoms with Crippen molar-refractivity contribution < 1.29 is 0 Å². The van der Waals surface area contributed by atoms with E-state index in [2.05, 4.69) is 38.2 Å². The van der Waals surface area contributed by atoms with Gasteiger partial charge >= 0.3 is 0 Å². The minimum Gasteiger partial charge on any atom is -0.316 e. The molecule has 2 atom stereocenters. The molecule has 0 aliphatic carbocycles. The number of hydrogen-bond acceptors (Lipinski definition) is 3. The van der Waals surface area contributed by atoms with Crippen LogP contribution in [0.2, 0.25) is 0 Å². The molecule has 1 N–H and O–H groups in total. The molecule has 1 aromatic rings. The Morgan fingerprint density at radius 3 is 2.89 bits per heavy atom. The highest BCUT2D eigenvalue weighted by Crippen LogP contribution is 2.29. The van der Waals surface area contributed by atoms with Gasteiger partial charge in [-0.2, -0.15) is 5.10 Å². The molecule has 0 amide bonds. The summed E-state index contributed by atoms with van der Waals surface area (Å²) in [7, 11) is 2.04. The molecule has 0 spiro atoms. The van der Waals surface area contributed by atoms with E-state index in [0.717, 1.165) is 24.1 Å². The van der Waals surface area contributed by atoms with Crippen LogP contribution in [0.4, 0.5) is 0 Å². The molecule has 0 radical (unpaired) electrons. The average molecular weight is 313 g/mol.